The Balaban J connectivity index is 1.58. The molecule has 164 valence electrons. The van der Waals surface area contributed by atoms with Gasteiger partial charge in [0.05, 0.1) is 12.3 Å². The van der Waals surface area contributed by atoms with Crippen LogP contribution in [0.15, 0.2) is 36.4 Å². The van der Waals surface area contributed by atoms with Gasteiger partial charge < -0.3 is 10.1 Å². The molecule has 1 aliphatic rings. The highest BCUT2D eigenvalue weighted by Crippen LogP contribution is 2.40. The summed E-state index contributed by atoms with van der Waals surface area (Å²) in [6.45, 7) is 8.68. The van der Waals surface area contributed by atoms with E-state index in [0.29, 0.717) is 42.1 Å². The van der Waals surface area contributed by atoms with Crippen molar-refractivity contribution in [2.24, 2.45) is 5.92 Å². The molecular weight excluding hydrogens is 406 g/mol. The molecule has 0 fully saturated rings. The van der Waals surface area contributed by atoms with Gasteiger partial charge in [0.2, 0.25) is 5.91 Å². The van der Waals surface area contributed by atoms with Crippen molar-refractivity contribution < 1.29 is 9.53 Å². The first-order valence-electron chi connectivity index (χ1n) is 10.7. The molecule has 1 atom stereocenters. The van der Waals surface area contributed by atoms with E-state index in [1.54, 1.807) is 9.20 Å². The van der Waals surface area contributed by atoms with Crippen LogP contribution in [0.1, 0.15) is 48.8 Å². The fraction of sp³-hybridized carbons (Fsp3) is 0.348. The third kappa shape index (κ3) is 3.49. The molecule has 9 heteroatoms. The maximum Gasteiger partial charge on any atom is 0.226 e. The number of fused-ring (bicyclic) bond motifs is 2. The summed E-state index contributed by atoms with van der Waals surface area (Å²) in [5.41, 5.74) is 3.53. The van der Waals surface area contributed by atoms with Crippen molar-refractivity contribution in [3.05, 3.63) is 59.0 Å². The molecule has 5 rings (SSSR count). The smallest absolute Gasteiger partial charge is 0.226 e. The molecule has 9 nitrogen and oxygen atoms in total. The Bertz CT molecular complexity index is 1320. The highest BCUT2D eigenvalue weighted by atomic mass is 16.5. The second kappa shape index (κ2) is 7.74. The van der Waals surface area contributed by atoms with Crippen molar-refractivity contribution in [2.45, 2.75) is 40.0 Å². The lowest BCUT2D eigenvalue weighted by Crippen LogP contribution is -2.25. The molecule has 1 aliphatic heterocycles. The summed E-state index contributed by atoms with van der Waals surface area (Å²) in [6.07, 6.45) is 0.351. The average Bonchev–Trinajstić information content (AvgIpc) is 3.31. The quantitative estimate of drug-likeness (QED) is 0.520. The van der Waals surface area contributed by atoms with Crippen molar-refractivity contribution >= 4 is 17.4 Å². The van der Waals surface area contributed by atoms with Gasteiger partial charge >= 0.3 is 0 Å². The maximum atomic E-state index is 12.7. The molecule has 0 radical (unpaired) electrons. The first-order valence-corrected chi connectivity index (χ1v) is 10.7. The largest absolute Gasteiger partial charge is 0.493 e. The number of hydrogen-bond donors (Lipinski definition) is 1. The third-order valence-electron chi connectivity index (χ3n) is 5.57. The van der Waals surface area contributed by atoms with Gasteiger partial charge in [-0.2, -0.15) is 14.3 Å². The minimum absolute atomic E-state index is 0.0568. The van der Waals surface area contributed by atoms with E-state index >= 15 is 0 Å². The lowest BCUT2D eigenvalue weighted by Gasteiger charge is -2.24. The predicted molar refractivity (Wildman–Crippen MR) is 119 cm³/mol. The Kier molecular flexibility index (Phi) is 4.88. The Labute approximate surface area is 185 Å². The molecule has 0 unspecified atom stereocenters. The summed E-state index contributed by atoms with van der Waals surface area (Å²) in [4.78, 5) is 12.7. The number of hydrogen-bond acceptors (Lipinski definition) is 6. The Morgan fingerprint density at radius 1 is 1.16 bits per heavy atom. The van der Waals surface area contributed by atoms with E-state index in [0.717, 1.165) is 22.6 Å². The number of anilines is 1. The van der Waals surface area contributed by atoms with Gasteiger partial charge in [0.25, 0.3) is 0 Å². The molecule has 3 aromatic heterocycles. The molecule has 0 spiro atoms. The first-order chi connectivity index (χ1) is 15.4. The molecule has 4 aromatic rings. The van der Waals surface area contributed by atoms with Crippen molar-refractivity contribution in [2.75, 3.05) is 11.9 Å². The zero-order valence-electron chi connectivity index (χ0n) is 18.5. The first kappa shape index (κ1) is 20.2. The van der Waals surface area contributed by atoms with Crippen LogP contribution in [-0.2, 0) is 4.79 Å². The van der Waals surface area contributed by atoms with E-state index in [1.165, 1.54) is 0 Å². The molecule has 4 heterocycles. The highest BCUT2D eigenvalue weighted by molar-refractivity contribution is 5.95. The predicted octanol–water partition coefficient (Wildman–Crippen LogP) is 3.44. The average molecular weight is 432 g/mol. The number of aryl methyl sites for hydroxylation is 2. The number of rotatable bonds is 5. The Morgan fingerprint density at radius 2 is 2.00 bits per heavy atom. The van der Waals surface area contributed by atoms with Gasteiger partial charge in [-0.3, -0.25) is 4.79 Å². The minimum Gasteiger partial charge on any atom is -0.493 e. The molecular formula is C23H25N7O2. The summed E-state index contributed by atoms with van der Waals surface area (Å²) in [6, 6.07) is 11.7. The third-order valence-corrected chi connectivity index (χ3v) is 5.57. The maximum absolute atomic E-state index is 12.7. The summed E-state index contributed by atoms with van der Waals surface area (Å²) >= 11 is 0. The van der Waals surface area contributed by atoms with Crippen LogP contribution in [0, 0.1) is 19.8 Å². The number of ether oxygens (including phenoxy) is 1. The fourth-order valence-electron chi connectivity index (χ4n) is 4.08. The van der Waals surface area contributed by atoms with Crippen LogP contribution in [0.2, 0.25) is 0 Å². The number of carbonyl (C=O) groups excluding carboxylic acids is 1. The number of benzene rings is 1. The number of carbonyl (C=O) groups is 1. The van der Waals surface area contributed by atoms with Crippen LogP contribution < -0.4 is 10.1 Å². The van der Waals surface area contributed by atoms with Crippen LogP contribution in [0.5, 0.6) is 5.75 Å². The second-order valence-electron chi connectivity index (χ2n) is 8.55. The van der Waals surface area contributed by atoms with Gasteiger partial charge in [-0.15, -0.1) is 15.3 Å². The topological polar surface area (TPSA) is 99.2 Å². The van der Waals surface area contributed by atoms with E-state index in [1.807, 2.05) is 50.2 Å². The summed E-state index contributed by atoms with van der Waals surface area (Å²) < 4.78 is 9.27. The van der Waals surface area contributed by atoms with E-state index < -0.39 is 0 Å². The van der Waals surface area contributed by atoms with Gasteiger partial charge in [0.1, 0.15) is 11.6 Å². The van der Waals surface area contributed by atoms with Crippen molar-refractivity contribution in [1.29, 1.82) is 0 Å². The van der Waals surface area contributed by atoms with Crippen molar-refractivity contribution in [3.8, 4) is 11.6 Å². The molecule has 1 N–H and O–H groups in total. The van der Waals surface area contributed by atoms with E-state index in [4.69, 9.17) is 9.84 Å². The van der Waals surface area contributed by atoms with Gasteiger partial charge in [-0.05, 0) is 49.6 Å². The van der Waals surface area contributed by atoms with Crippen molar-refractivity contribution in [1.82, 2.24) is 29.6 Å². The zero-order chi connectivity index (χ0) is 22.4. The monoisotopic (exact) mass is 431 g/mol. The number of amides is 1. The van der Waals surface area contributed by atoms with Gasteiger partial charge in [-0.1, -0.05) is 26.0 Å². The summed E-state index contributed by atoms with van der Waals surface area (Å²) in [5.74, 6) is 2.98. The Morgan fingerprint density at radius 3 is 2.81 bits per heavy atom. The molecule has 1 aromatic carbocycles. The molecule has 0 saturated carbocycles. The molecule has 0 saturated heterocycles. The van der Waals surface area contributed by atoms with E-state index in [2.05, 4.69) is 34.5 Å². The lowest BCUT2D eigenvalue weighted by molar-refractivity contribution is -0.116. The summed E-state index contributed by atoms with van der Waals surface area (Å²) in [7, 11) is 0. The minimum atomic E-state index is -0.115. The number of nitrogens with zero attached hydrogens (tertiary/aromatic N) is 6. The van der Waals surface area contributed by atoms with Crippen LogP contribution in [0.3, 0.4) is 0 Å². The van der Waals surface area contributed by atoms with E-state index in [9.17, 15) is 4.79 Å². The number of nitrogens with one attached hydrogen (secondary N) is 1. The lowest BCUT2D eigenvalue weighted by atomic mass is 9.86. The van der Waals surface area contributed by atoms with E-state index in [-0.39, 0.29) is 11.8 Å². The van der Waals surface area contributed by atoms with Gasteiger partial charge in [0, 0.05) is 17.9 Å². The zero-order valence-corrected chi connectivity index (χ0v) is 18.5. The Hall–Kier alpha value is -3.75. The van der Waals surface area contributed by atoms with Gasteiger partial charge in [0.15, 0.2) is 17.3 Å². The summed E-state index contributed by atoms with van der Waals surface area (Å²) in [5, 5.41) is 20.5. The SMILES string of the molecule is Cc1nn(-c2ccc3nnc(C)n3n2)c2c1[C@H](c1cccc(OCC(C)C)c1)CC(=O)N2. The number of aromatic nitrogens is 6. The second-order valence-corrected chi connectivity index (χ2v) is 8.55. The highest BCUT2D eigenvalue weighted by Gasteiger charge is 2.33. The molecule has 0 aliphatic carbocycles. The molecule has 1 amide bonds. The van der Waals surface area contributed by atoms with Crippen LogP contribution >= 0.6 is 0 Å². The standard InChI is InChI=1S/C23H25N7O2/c1-13(2)12-32-17-7-5-6-16(10-17)18-11-21(31)24-23-22(18)14(3)27-30(23)20-9-8-19-26-25-15(4)29(19)28-20/h5-10,13,18H,11-12H2,1-4H3,(H,24,31)/t18-/m0/s1. The van der Waals surface area contributed by atoms with Gasteiger partial charge in [-0.25, -0.2) is 0 Å². The van der Waals surface area contributed by atoms with Crippen LogP contribution in [-0.4, -0.2) is 42.1 Å². The van der Waals surface area contributed by atoms with Crippen LogP contribution in [0.25, 0.3) is 11.5 Å². The molecule has 32 heavy (non-hydrogen) atoms. The van der Waals surface area contributed by atoms with Crippen molar-refractivity contribution in [3.63, 3.8) is 0 Å². The normalized spacial score (nSPS) is 15.8. The molecule has 0 bridgehead atoms. The van der Waals surface area contributed by atoms with Crippen LogP contribution in [0.4, 0.5) is 5.82 Å². The fourth-order valence-corrected chi connectivity index (χ4v) is 4.08.